The number of anilines is 1. The number of hydrogen-bond donors (Lipinski definition) is 1. The first-order valence-corrected chi connectivity index (χ1v) is 5.66. The van der Waals surface area contributed by atoms with E-state index in [2.05, 4.69) is 23.1 Å². The van der Waals surface area contributed by atoms with Crippen molar-refractivity contribution in [1.82, 2.24) is 0 Å². The maximum atomic E-state index is 8.75. The van der Waals surface area contributed by atoms with Gasteiger partial charge in [0.1, 0.15) is 0 Å². The summed E-state index contributed by atoms with van der Waals surface area (Å²) in [5.41, 5.74) is 1.15. The monoisotopic (exact) mass is 218 g/mol. The largest absolute Gasteiger partial charge is 0.396 e. The Morgan fingerprint density at radius 2 is 1.88 bits per heavy atom. The van der Waals surface area contributed by atoms with Gasteiger partial charge in [0.25, 0.3) is 0 Å². The molecule has 0 radical (unpaired) electrons. The number of para-hydroxylation sites is 1. The predicted molar refractivity (Wildman–Crippen MR) is 65.2 cm³/mol. The summed E-state index contributed by atoms with van der Waals surface area (Å²) < 4.78 is 0. The summed E-state index contributed by atoms with van der Waals surface area (Å²) in [6, 6.07) is 12.3. The highest BCUT2D eigenvalue weighted by atomic mass is 16.2. The van der Waals surface area contributed by atoms with Crippen LogP contribution >= 0.6 is 0 Å². The third-order valence-electron chi connectivity index (χ3n) is 2.45. The van der Waals surface area contributed by atoms with E-state index in [9.17, 15) is 0 Å². The molecule has 0 amide bonds. The Morgan fingerprint density at radius 3 is 2.50 bits per heavy atom. The molecule has 0 unspecified atom stereocenters. The summed E-state index contributed by atoms with van der Waals surface area (Å²) >= 11 is 0. The fraction of sp³-hybridized carbons (Fsp3) is 0.462. The van der Waals surface area contributed by atoms with E-state index in [4.69, 9.17) is 10.4 Å². The van der Waals surface area contributed by atoms with Crippen LogP contribution in [0, 0.1) is 11.3 Å². The standard InChI is InChI=1S/C13H18N2O/c14-9-6-11-15(10-4-5-12-16)13-7-2-1-3-8-13/h1-3,7-8,16H,4-6,10-12H2. The zero-order valence-electron chi connectivity index (χ0n) is 9.47. The lowest BCUT2D eigenvalue weighted by atomic mass is 10.2. The number of nitriles is 1. The van der Waals surface area contributed by atoms with Crippen molar-refractivity contribution in [2.75, 3.05) is 24.6 Å². The van der Waals surface area contributed by atoms with Gasteiger partial charge in [0, 0.05) is 25.4 Å². The third kappa shape index (κ3) is 4.33. The first-order chi connectivity index (χ1) is 7.88. The van der Waals surface area contributed by atoms with E-state index in [-0.39, 0.29) is 6.61 Å². The van der Waals surface area contributed by atoms with Crippen LogP contribution in [0.2, 0.25) is 0 Å². The molecule has 0 aliphatic carbocycles. The van der Waals surface area contributed by atoms with E-state index in [0.717, 1.165) is 31.6 Å². The summed E-state index contributed by atoms with van der Waals surface area (Å²) in [5.74, 6) is 0. The molecule has 0 fully saturated rings. The minimum absolute atomic E-state index is 0.237. The van der Waals surface area contributed by atoms with Crippen molar-refractivity contribution in [2.24, 2.45) is 0 Å². The molecule has 0 saturated carbocycles. The molecule has 1 rings (SSSR count). The highest BCUT2D eigenvalue weighted by Gasteiger charge is 2.04. The summed E-state index contributed by atoms with van der Waals surface area (Å²) in [4.78, 5) is 2.19. The zero-order valence-corrected chi connectivity index (χ0v) is 9.47. The first-order valence-electron chi connectivity index (χ1n) is 5.66. The molecule has 0 aromatic heterocycles. The van der Waals surface area contributed by atoms with Crippen molar-refractivity contribution in [2.45, 2.75) is 19.3 Å². The Labute approximate surface area is 96.9 Å². The molecule has 0 spiro atoms. The number of aliphatic hydroxyl groups excluding tert-OH is 1. The second-order valence-corrected chi connectivity index (χ2v) is 3.66. The molecule has 1 aromatic carbocycles. The summed E-state index contributed by atoms with van der Waals surface area (Å²) in [6.07, 6.45) is 2.31. The van der Waals surface area contributed by atoms with E-state index in [1.54, 1.807) is 0 Å². The molecule has 1 aromatic rings. The van der Waals surface area contributed by atoms with Crippen LogP contribution in [-0.4, -0.2) is 24.8 Å². The number of hydrogen-bond acceptors (Lipinski definition) is 3. The van der Waals surface area contributed by atoms with Gasteiger partial charge < -0.3 is 10.0 Å². The van der Waals surface area contributed by atoms with Gasteiger partial charge in [0.15, 0.2) is 0 Å². The number of aliphatic hydroxyl groups is 1. The van der Waals surface area contributed by atoms with Crippen molar-refractivity contribution in [3.8, 4) is 6.07 Å². The van der Waals surface area contributed by atoms with Crippen LogP contribution in [0.15, 0.2) is 30.3 Å². The smallest absolute Gasteiger partial charge is 0.0640 e. The predicted octanol–water partition coefficient (Wildman–Crippen LogP) is 2.18. The average molecular weight is 218 g/mol. The van der Waals surface area contributed by atoms with Gasteiger partial charge in [-0.2, -0.15) is 5.26 Å². The molecule has 0 aliphatic heterocycles. The Hall–Kier alpha value is -1.53. The van der Waals surface area contributed by atoms with Gasteiger partial charge >= 0.3 is 0 Å². The molecule has 86 valence electrons. The highest BCUT2D eigenvalue weighted by Crippen LogP contribution is 2.14. The molecule has 0 aliphatic rings. The number of rotatable bonds is 7. The van der Waals surface area contributed by atoms with Gasteiger partial charge in [0.05, 0.1) is 12.5 Å². The van der Waals surface area contributed by atoms with Crippen LogP contribution in [-0.2, 0) is 0 Å². The summed E-state index contributed by atoms with van der Waals surface area (Å²) in [6.45, 7) is 1.89. The number of unbranched alkanes of at least 4 members (excludes halogenated alkanes) is 1. The topological polar surface area (TPSA) is 47.3 Å². The minimum Gasteiger partial charge on any atom is -0.396 e. The minimum atomic E-state index is 0.237. The lowest BCUT2D eigenvalue weighted by Crippen LogP contribution is -2.25. The fourth-order valence-electron chi connectivity index (χ4n) is 1.61. The zero-order chi connectivity index (χ0) is 11.6. The molecule has 3 nitrogen and oxygen atoms in total. The van der Waals surface area contributed by atoms with Crippen molar-refractivity contribution in [3.63, 3.8) is 0 Å². The van der Waals surface area contributed by atoms with Crippen molar-refractivity contribution >= 4 is 5.69 Å². The van der Waals surface area contributed by atoms with Crippen molar-refractivity contribution < 1.29 is 5.11 Å². The van der Waals surface area contributed by atoms with Crippen molar-refractivity contribution in [3.05, 3.63) is 30.3 Å². The van der Waals surface area contributed by atoms with E-state index >= 15 is 0 Å². The van der Waals surface area contributed by atoms with Gasteiger partial charge in [-0.25, -0.2) is 0 Å². The highest BCUT2D eigenvalue weighted by molar-refractivity contribution is 5.45. The van der Waals surface area contributed by atoms with Gasteiger partial charge in [-0.15, -0.1) is 0 Å². The Balaban J connectivity index is 2.53. The van der Waals surface area contributed by atoms with Crippen LogP contribution in [0.5, 0.6) is 0 Å². The maximum Gasteiger partial charge on any atom is 0.0640 e. The van der Waals surface area contributed by atoms with Gasteiger partial charge in [0.2, 0.25) is 0 Å². The molecular formula is C13H18N2O. The van der Waals surface area contributed by atoms with Crippen LogP contribution in [0.25, 0.3) is 0 Å². The average Bonchev–Trinajstić information content (AvgIpc) is 2.35. The third-order valence-corrected chi connectivity index (χ3v) is 2.45. The van der Waals surface area contributed by atoms with Gasteiger partial charge in [-0.05, 0) is 25.0 Å². The van der Waals surface area contributed by atoms with E-state index in [1.165, 1.54) is 0 Å². The Kier molecular flexibility index (Phi) is 6.05. The number of nitrogens with zero attached hydrogens (tertiary/aromatic N) is 2. The molecule has 0 atom stereocenters. The molecule has 1 N–H and O–H groups in total. The van der Waals surface area contributed by atoms with Crippen LogP contribution in [0.3, 0.4) is 0 Å². The summed E-state index contributed by atoms with van der Waals surface area (Å²) in [7, 11) is 0. The quantitative estimate of drug-likeness (QED) is 0.713. The van der Waals surface area contributed by atoms with Crippen LogP contribution < -0.4 is 4.90 Å². The molecule has 0 saturated heterocycles. The van der Waals surface area contributed by atoms with Gasteiger partial charge in [-0.1, -0.05) is 18.2 Å². The normalized spacial score (nSPS) is 9.75. The maximum absolute atomic E-state index is 8.75. The SMILES string of the molecule is N#CCCN(CCCCO)c1ccccc1. The van der Waals surface area contributed by atoms with Gasteiger partial charge in [-0.3, -0.25) is 0 Å². The Bertz CT molecular complexity index is 318. The molecule has 16 heavy (non-hydrogen) atoms. The van der Waals surface area contributed by atoms with E-state index < -0.39 is 0 Å². The van der Waals surface area contributed by atoms with Crippen molar-refractivity contribution in [1.29, 1.82) is 5.26 Å². The molecule has 0 heterocycles. The Morgan fingerprint density at radius 1 is 1.12 bits per heavy atom. The lowest BCUT2D eigenvalue weighted by Gasteiger charge is -2.23. The van der Waals surface area contributed by atoms with Crippen LogP contribution in [0.4, 0.5) is 5.69 Å². The van der Waals surface area contributed by atoms with E-state index in [0.29, 0.717) is 6.42 Å². The lowest BCUT2D eigenvalue weighted by molar-refractivity contribution is 0.285. The van der Waals surface area contributed by atoms with E-state index in [1.807, 2.05) is 18.2 Å². The summed E-state index contributed by atoms with van der Waals surface area (Å²) in [5, 5.41) is 17.4. The first kappa shape index (κ1) is 12.5. The second-order valence-electron chi connectivity index (χ2n) is 3.66. The molecule has 3 heteroatoms. The number of benzene rings is 1. The van der Waals surface area contributed by atoms with Crippen LogP contribution in [0.1, 0.15) is 19.3 Å². The second kappa shape index (κ2) is 7.72. The molecule has 0 bridgehead atoms. The molecular weight excluding hydrogens is 200 g/mol. The fourth-order valence-corrected chi connectivity index (χ4v) is 1.61.